The average molecular weight is 419 g/mol. The van der Waals surface area contributed by atoms with Crippen molar-refractivity contribution < 1.29 is 26.4 Å². The van der Waals surface area contributed by atoms with E-state index < -0.39 is 21.8 Å². The summed E-state index contributed by atoms with van der Waals surface area (Å²) in [6, 6.07) is 3.92. The highest BCUT2D eigenvalue weighted by molar-refractivity contribution is 7.89. The predicted octanol–water partition coefficient (Wildman–Crippen LogP) is 1.93. The van der Waals surface area contributed by atoms with Crippen LogP contribution < -0.4 is 5.32 Å². The van der Waals surface area contributed by atoms with Crippen LogP contribution in [-0.4, -0.2) is 62.3 Å². The maximum Gasteiger partial charge on any atom is 0.416 e. The molecule has 2 aliphatic rings. The Hall–Kier alpha value is -1.65. The molecule has 0 bridgehead atoms. The molecule has 1 aliphatic heterocycles. The summed E-state index contributed by atoms with van der Waals surface area (Å²) in [5.74, 6) is 0.465. The number of benzene rings is 1. The van der Waals surface area contributed by atoms with Crippen molar-refractivity contribution in [1.82, 2.24) is 14.5 Å². The van der Waals surface area contributed by atoms with Crippen LogP contribution in [0.4, 0.5) is 13.2 Å². The van der Waals surface area contributed by atoms with Crippen LogP contribution in [0.5, 0.6) is 0 Å². The van der Waals surface area contributed by atoms with Gasteiger partial charge in [0.05, 0.1) is 17.0 Å². The summed E-state index contributed by atoms with van der Waals surface area (Å²) in [5, 5.41) is 2.96. The summed E-state index contributed by atoms with van der Waals surface area (Å²) in [5.41, 5.74) is -0.992. The van der Waals surface area contributed by atoms with Crippen LogP contribution in [0.2, 0.25) is 0 Å². The van der Waals surface area contributed by atoms with E-state index in [4.69, 9.17) is 0 Å². The number of carbonyl (C=O) groups is 1. The average Bonchev–Trinajstić information content (AvgIpc) is 3.46. The summed E-state index contributed by atoms with van der Waals surface area (Å²) >= 11 is 0. The summed E-state index contributed by atoms with van der Waals surface area (Å²) in [6.07, 6.45) is -2.34. The molecule has 28 heavy (non-hydrogen) atoms. The first kappa shape index (κ1) is 21.1. The third-order valence-electron chi connectivity index (χ3n) is 5.22. The van der Waals surface area contributed by atoms with E-state index in [-0.39, 0.29) is 36.5 Å². The number of alkyl halides is 3. The lowest BCUT2D eigenvalue weighted by Crippen LogP contribution is -2.51. The molecule has 10 heteroatoms. The van der Waals surface area contributed by atoms with Gasteiger partial charge in [0, 0.05) is 32.2 Å². The van der Waals surface area contributed by atoms with Gasteiger partial charge in [-0.05, 0) is 43.9 Å². The highest BCUT2D eigenvalue weighted by atomic mass is 32.2. The molecule has 0 aromatic heterocycles. The van der Waals surface area contributed by atoms with Gasteiger partial charge < -0.3 is 5.32 Å². The first-order valence-corrected chi connectivity index (χ1v) is 10.7. The van der Waals surface area contributed by atoms with Crippen LogP contribution in [-0.2, 0) is 21.0 Å². The maximum atomic E-state index is 12.9. The van der Waals surface area contributed by atoms with Gasteiger partial charge in [0.1, 0.15) is 0 Å². The number of nitrogens with zero attached hydrogens (tertiary/aromatic N) is 2. The van der Waals surface area contributed by atoms with Gasteiger partial charge in [0.25, 0.3) is 0 Å². The molecule has 2 fully saturated rings. The van der Waals surface area contributed by atoms with Crippen LogP contribution in [0.25, 0.3) is 0 Å². The van der Waals surface area contributed by atoms with Gasteiger partial charge in [-0.25, -0.2) is 8.42 Å². The first-order chi connectivity index (χ1) is 13.1. The summed E-state index contributed by atoms with van der Waals surface area (Å²) < 4.78 is 65.1. The number of piperazine rings is 1. The third-order valence-corrected chi connectivity index (χ3v) is 7.11. The number of halogens is 3. The second kappa shape index (κ2) is 8.00. The van der Waals surface area contributed by atoms with Crippen LogP contribution in [0, 0.1) is 5.92 Å². The lowest BCUT2D eigenvalue weighted by atomic mass is 10.2. The van der Waals surface area contributed by atoms with E-state index in [0.717, 1.165) is 25.0 Å². The number of hydrogen-bond donors (Lipinski definition) is 1. The highest BCUT2D eigenvalue weighted by Gasteiger charge is 2.34. The quantitative estimate of drug-likeness (QED) is 0.765. The molecular formula is C18H24F3N3O3S. The minimum absolute atomic E-state index is 0.0893. The van der Waals surface area contributed by atoms with Gasteiger partial charge in [-0.15, -0.1) is 0 Å². The smallest absolute Gasteiger partial charge is 0.352 e. The third kappa shape index (κ3) is 5.03. The minimum atomic E-state index is -4.60. The Labute approximate surface area is 162 Å². The highest BCUT2D eigenvalue weighted by Crippen LogP contribution is 2.32. The van der Waals surface area contributed by atoms with Gasteiger partial charge in [-0.1, -0.05) is 6.07 Å². The summed E-state index contributed by atoms with van der Waals surface area (Å²) in [4.78, 5) is 13.6. The standard InChI is InChI=1S/C18H24F3N3O3S/c1-13(14-5-6-14)22-17(25)12-23-7-9-24(10-8-23)28(26,27)16-4-2-3-15(11-16)18(19,20)21/h2-4,11,13-14H,5-10,12H2,1H3,(H,22,25)/t13-/m0/s1. The minimum Gasteiger partial charge on any atom is -0.352 e. The van der Waals surface area contributed by atoms with Crippen LogP contribution >= 0.6 is 0 Å². The van der Waals surface area contributed by atoms with Crippen molar-refractivity contribution in [2.75, 3.05) is 32.7 Å². The summed E-state index contributed by atoms with van der Waals surface area (Å²) in [7, 11) is -4.01. The number of rotatable bonds is 6. The number of hydrogen-bond acceptors (Lipinski definition) is 4. The Kier molecular flexibility index (Phi) is 6.02. The zero-order chi connectivity index (χ0) is 20.5. The number of sulfonamides is 1. The van der Waals surface area contributed by atoms with Crippen molar-refractivity contribution in [3.05, 3.63) is 29.8 Å². The molecular weight excluding hydrogens is 395 g/mol. The molecule has 1 atom stereocenters. The summed E-state index contributed by atoms with van der Waals surface area (Å²) in [6.45, 7) is 3.13. The van der Waals surface area contributed by atoms with Crippen LogP contribution in [0.15, 0.2) is 29.2 Å². The fourth-order valence-electron chi connectivity index (χ4n) is 3.33. The van der Waals surface area contributed by atoms with Gasteiger partial charge in [0.2, 0.25) is 15.9 Å². The largest absolute Gasteiger partial charge is 0.416 e. The molecule has 3 rings (SSSR count). The van der Waals surface area contributed by atoms with Gasteiger partial charge in [-0.3, -0.25) is 9.69 Å². The van der Waals surface area contributed by atoms with Gasteiger partial charge in [0.15, 0.2) is 0 Å². The van der Waals surface area contributed by atoms with E-state index in [1.54, 1.807) is 0 Å². The van der Waals surface area contributed by atoms with E-state index in [9.17, 15) is 26.4 Å². The molecule has 1 N–H and O–H groups in total. The monoisotopic (exact) mass is 419 g/mol. The molecule has 0 spiro atoms. The molecule has 1 saturated carbocycles. The van der Waals surface area contributed by atoms with Crippen molar-refractivity contribution >= 4 is 15.9 Å². The normalized spacial score (nSPS) is 20.7. The fourth-order valence-corrected chi connectivity index (χ4v) is 4.80. The Morgan fingerprint density at radius 1 is 1.21 bits per heavy atom. The predicted molar refractivity (Wildman–Crippen MR) is 97.0 cm³/mol. The lowest BCUT2D eigenvalue weighted by molar-refractivity contribution is -0.137. The number of nitrogens with one attached hydrogen (secondary N) is 1. The van der Waals surface area contributed by atoms with Gasteiger partial charge in [-0.2, -0.15) is 17.5 Å². The van der Waals surface area contributed by atoms with E-state index in [1.165, 1.54) is 10.4 Å². The Bertz CT molecular complexity index is 817. The maximum absolute atomic E-state index is 12.9. The van der Waals surface area contributed by atoms with Gasteiger partial charge >= 0.3 is 6.18 Å². The number of amides is 1. The zero-order valence-corrected chi connectivity index (χ0v) is 16.4. The van der Waals surface area contributed by atoms with Crippen molar-refractivity contribution in [2.24, 2.45) is 5.92 Å². The molecule has 1 aliphatic carbocycles. The van der Waals surface area contributed by atoms with Crippen molar-refractivity contribution in [3.63, 3.8) is 0 Å². The Morgan fingerprint density at radius 2 is 1.86 bits per heavy atom. The van der Waals surface area contributed by atoms with Crippen molar-refractivity contribution in [1.29, 1.82) is 0 Å². The van der Waals surface area contributed by atoms with E-state index in [2.05, 4.69) is 5.32 Å². The lowest BCUT2D eigenvalue weighted by Gasteiger charge is -2.33. The SMILES string of the molecule is C[C@H](NC(=O)CN1CCN(S(=O)(=O)c2cccc(C(F)(F)F)c2)CC1)C1CC1. The molecule has 1 heterocycles. The number of carbonyl (C=O) groups excluding carboxylic acids is 1. The zero-order valence-electron chi connectivity index (χ0n) is 15.6. The van der Waals surface area contributed by atoms with E-state index in [0.29, 0.717) is 25.1 Å². The second-order valence-electron chi connectivity index (χ2n) is 7.40. The molecule has 0 unspecified atom stereocenters. The van der Waals surface area contributed by atoms with Crippen molar-refractivity contribution in [3.8, 4) is 0 Å². The molecule has 156 valence electrons. The Morgan fingerprint density at radius 3 is 2.43 bits per heavy atom. The van der Waals surface area contributed by atoms with Crippen molar-refractivity contribution in [2.45, 2.75) is 36.9 Å². The molecule has 1 aromatic carbocycles. The fraction of sp³-hybridized carbons (Fsp3) is 0.611. The molecule has 1 saturated heterocycles. The van der Waals surface area contributed by atoms with E-state index >= 15 is 0 Å². The molecule has 6 nitrogen and oxygen atoms in total. The first-order valence-electron chi connectivity index (χ1n) is 9.26. The molecule has 1 amide bonds. The molecule has 1 aromatic rings. The Balaban J connectivity index is 1.57. The van der Waals surface area contributed by atoms with E-state index in [1.807, 2.05) is 11.8 Å². The molecule has 0 radical (unpaired) electrons. The second-order valence-corrected chi connectivity index (χ2v) is 9.34. The topological polar surface area (TPSA) is 69.7 Å². The van der Waals surface area contributed by atoms with Crippen LogP contribution in [0.3, 0.4) is 0 Å². The van der Waals surface area contributed by atoms with Crippen LogP contribution in [0.1, 0.15) is 25.3 Å².